The molecule has 23 heavy (non-hydrogen) atoms. The maximum Gasteiger partial charge on any atom is 0.407 e. The fraction of sp³-hybridized carbons (Fsp3) is 0.529. The van der Waals surface area contributed by atoms with Gasteiger partial charge in [0.25, 0.3) is 0 Å². The molecule has 0 bridgehead atoms. The van der Waals surface area contributed by atoms with E-state index in [1.54, 1.807) is 0 Å². The van der Waals surface area contributed by atoms with Crippen LogP contribution in [0.5, 0.6) is 0 Å². The van der Waals surface area contributed by atoms with Gasteiger partial charge in [0.15, 0.2) is 0 Å². The van der Waals surface area contributed by atoms with E-state index in [1.165, 1.54) is 10.5 Å². The number of carbonyl (C=O) groups excluding carboxylic acids is 1. The maximum absolute atomic E-state index is 11.4. The molecule has 0 saturated carbocycles. The van der Waals surface area contributed by atoms with Gasteiger partial charge in [-0.15, -0.1) is 0 Å². The molecule has 1 aromatic rings. The van der Waals surface area contributed by atoms with Crippen LogP contribution in [-0.4, -0.2) is 53.1 Å². The number of amides is 2. The van der Waals surface area contributed by atoms with E-state index >= 15 is 0 Å². The lowest BCUT2D eigenvalue weighted by Gasteiger charge is -2.53. The number of likely N-dealkylation sites (tertiary alicyclic amines) is 2. The maximum atomic E-state index is 11.4. The van der Waals surface area contributed by atoms with E-state index in [4.69, 9.17) is 5.11 Å². The second kappa shape index (κ2) is 5.23. The molecule has 0 aromatic heterocycles. The second-order valence-electron chi connectivity index (χ2n) is 7.13. The van der Waals surface area contributed by atoms with Gasteiger partial charge in [-0.25, -0.2) is 4.79 Å². The number of nitrogens with one attached hydrogen (secondary N) is 1. The van der Waals surface area contributed by atoms with E-state index in [0.29, 0.717) is 24.9 Å². The first kappa shape index (κ1) is 14.5. The summed E-state index contributed by atoms with van der Waals surface area (Å²) in [6.07, 6.45) is 1.63. The molecule has 6 heteroatoms. The molecule has 2 saturated heterocycles. The van der Waals surface area contributed by atoms with Crippen molar-refractivity contribution in [1.82, 2.24) is 9.80 Å². The number of rotatable bonds is 2. The highest BCUT2D eigenvalue weighted by Gasteiger charge is 2.45. The monoisotopic (exact) mass is 315 g/mol. The third-order valence-electron chi connectivity index (χ3n) is 5.42. The van der Waals surface area contributed by atoms with Crippen molar-refractivity contribution in [1.29, 1.82) is 0 Å². The van der Waals surface area contributed by atoms with Crippen LogP contribution < -0.4 is 5.32 Å². The summed E-state index contributed by atoms with van der Waals surface area (Å²) >= 11 is 0. The van der Waals surface area contributed by atoms with Crippen LogP contribution >= 0.6 is 0 Å². The number of hydrogen-bond acceptors (Lipinski definition) is 3. The molecule has 0 aliphatic carbocycles. The van der Waals surface area contributed by atoms with Crippen LogP contribution in [0.15, 0.2) is 18.2 Å². The molecule has 3 aliphatic heterocycles. The van der Waals surface area contributed by atoms with Crippen LogP contribution in [0.25, 0.3) is 0 Å². The summed E-state index contributed by atoms with van der Waals surface area (Å²) in [6.45, 7) is 4.31. The van der Waals surface area contributed by atoms with Crippen molar-refractivity contribution in [3.63, 3.8) is 0 Å². The van der Waals surface area contributed by atoms with Crippen molar-refractivity contribution in [3.05, 3.63) is 29.3 Å². The fourth-order valence-corrected chi connectivity index (χ4v) is 4.12. The number of anilines is 1. The van der Waals surface area contributed by atoms with Gasteiger partial charge in [0.2, 0.25) is 5.91 Å². The van der Waals surface area contributed by atoms with Crippen molar-refractivity contribution in [3.8, 4) is 0 Å². The van der Waals surface area contributed by atoms with Gasteiger partial charge in [-0.1, -0.05) is 12.1 Å². The van der Waals surface area contributed by atoms with Crippen LogP contribution in [0, 0.1) is 5.41 Å². The highest BCUT2D eigenvalue weighted by molar-refractivity contribution is 5.99. The summed E-state index contributed by atoms with van der Waals surface area (Å²) in [5.41, 5.74) is 3.58. The van der Waals surface area contributed by atoms with Crippen molar-refractivity contribution in [2.24, 2.45) is 5.41 Å². The lowest BCUT2D eigenvalue weighted by atomic mass is 9.72. The van der Waals surface area contributed by atoms with Gasteiger partial charge in [0, 0.05) is 38.4 Å². The van der Waals surface area contributed by atoms with Crippen LogP contribution in [0.3, 0.4) is 0 Å². The minimum atomic E-state index is -0.795. The minimum Gasteiger partial charge on any atom is -0.465 e. The quantitative estimate of drug-likeness (QED) is 0.872. The lowest BCUT2D eigenvalue weighted by Crippen LogP contribution is -2.60. The zero-order valence-electron chi connectivity index (χ0n) is 13.0. The van der Waals surface area contributed by atoms with E-state index in [1.807, 2.05) is 6.07 Å². The van der Waals surface area contributed by atoms with Crippen molar-refractivity contribution in [2.45, 2.75) is 25.8 Å². The Labute approximate surface area is 135 Å². The largest absolute Gasteiger partial charge is 0.465 e. The predicted octanol–water partition coefficient (Wildman–Crippen LogP) is 1.76. The van der Waals surface area contributed by atoms with Crippen LogP contribution in [0.1, 0.15) is 24.0 Å². The first-order valence-corrected chi connectivity index (χ1v) is 8.15. The molecule has 3 heterocycles. The second-order valence-corrected chi connectivity index (χ2v) is 7.13. The highest BCUT2D eigenvalue weighted by Crippen LogP contribution is 2.41. The zero-order chi connectivity index (χ0) is 16.0. The third-order valence-corrected chi connectivity index (χ3v) is 5.42. The topological polar surface area (TPSA) is 72.9 Å². The Balaban J connectivity index is 1.32. The number of piperidine rings is 1. The van der Waals surface area contributed by atoms with E-state index in [0.717, 1.165) is 43.7 Å². The van der Waals surface area contributed by atoms with Gasteiger partial charge in [0.05, 0.1) is 6.42 Å². The number of nitrogens with zero attached hydrogens (tertiary/aromatic N) is 2. The average molecular weight is 315 g/mol. The van der Waals surface area contributed by atoms with Crippen molar-refractivity contribution >= 4 is 17.7 Å². The summed E-state index contributed by atoms with van der Waals surface area (Å²) < 4.78 is 0. The Bertz CT molecular complexity index is 657. The Morgan fingerprint density at radius 1 is 1.26 bits per heavy atom. The Morgan fingerprint density at radius 2 is 2.00 bits per heavy atom. The Kier molecular flexibility index (Phi) is 3.30. The molecule has 2 fully saturated rings. The molecule has 0 atom stereocenters. The number of carboxylic acid groups (broad SMARTS) is 1. The van der Waals surface area contributed by atoms with Gasteiger partial charge in [-0.2, -0.15) is 0 Å². The summed E-state index contributed by atoms with van der Waals surface area (Å²) in [7, 11) is 0. The SMILES string of the molecule is O=C1Cc2ccc(CN3CC4(CCN(C(=O)O)CC4)C3)cc2N1. The summed E-state index contributed by atoms with van der Waals surface area (Å²) in [4.78, 5) is 26.3. The van der Waals surface area contributed by atoms with E-state index in [2.05, 4.69) is 22.3 Å². The number of carbonyl (C=O) groups is 2. The molecule has 0 radical (unpaired) electrons. The average Bonchev–Trinajstić information content (AvgIpc) is 2.85. The third kappa shape index (κ3) is 2.67. The molecule has 2 N–H and O–H groups in total. The van der Waals surface area contributed by atoms with Crippen molar-refractivity contribution in [2.75, 3.05) is 31.5 Å². The molecule has 3 aliphatic rings. The molecule has 0 unspecified atom stereocenters. The number of hydrogen-bond donors (Lipinski definition) is 2. The predicted molar refractivity (Wildman–Crippen MR) is 85.3 cm³/mol. The molecule has 6 nitrogen and oxygen atoms in total. The van der Waals surface area contributed by atoms with Gasteiger partial charge in [0.1, 0.15) is 0 Å². The van der Waals surface area contributed by atoms with Crippen LogP contribution in [-0.2, 0) is 17.8 Å². The molecular weight excluding hydrogens is 294 g/mol. The zero-order valence-corrected chi connectivity index (χ0v) is 13.0. The summed E-state index contributed by atoms with van der Waals surface area (Å²) in [5, 5.41) is 11.9. The minimum absolute atomic E-state index is 0.0743. The first-order chi connectivity index (χ1) is 11.0. The van der Waals surface area contributed by atoms with E-state index < -0.39 is 6.09 Å². The molecule has 122 valence electrons. The number of benzene rings is 1. The highest BCUT2D eigenvalue weighted by atomic mass is 16.4. The normalized spacial score (nSPS) is 22.6. The van der Waals surface area contributed by atoms with Gasteiger partial charge in [-0.05, 0) is 35.4 Å². The van der Waals surface area contributed by atoms with Crippen LogP contribution in [0.2, 0.25) is 0 Å². The molecule has 2 amide bonds. The molecule has 1 spiro atoms. The fourth-order valence-electron chi connectivity index (χ4n) is 4.12. The molecular formula is C17H21N3O3. The Hall–Kier alpha value is -2.08. The molecule has 4 rings (SSSR count). The molecule has 1 aromatic carbocycles. The standard InChI is InChI=1S/C17H21N3O3/c21-15-8-13-2-1-12(7-14(13)18-15)9-19-10-17(11-19)3-5-20(6-4-17)16(22)23/h1-2,7H,3-6,8-11H2,(H,18,21)(H,22,23). The van der Waals surface area contributed by atoms with E-state index in [-0.39, 0.29) is 5.91 Å². The Morgan fingerprint density at radius 3 is 2.70 bits per heavy atom. The van der Waals surface area contributed by atoms with Gasteiger partial charge < -0.3 is 15.3 Å². The van der Waals surface area contributed by atoms with E-state index in [9.17, 15) is 9.59 Å². The van der Waals surface area contributed by atoms with Gasteiger partial charge >= 0.3 is 6.09 Å². The smallest absolute Gasteiger partial charge is 0.407 e. The van der Waals surface area contributed by atoms with Crippen LogP contribution in [0.4, 0.5) is 10.5 Å². The van der Waals surface area contributed by atoms with Gasteiger partial charge in [-0.3, -0.25) is 9.69 Å². The number of fused-ring (bicyclic) bond motifs is 1. The summed E-state index contributed by atoms with van der Waals surface area (Å²) in [6, 6.07) is 6.23. The lowest BCUT2D eigenvalue weighted by molar-refractivity contribution is -0.115. The first-order valence-electron chi connectivity index (χ1n) is 8.15. The summed E-state index contributed by atoms with van der Waals surface area (Å²) in [5.74, 6) is 0.0743. The van der Waals surface area contributed by atoms with Crippen molar-refractivity contribution < 1.29 is 14.7 Å².